The molecule has 0 aliphatic carbocycles. The van der Waals surface area contributed by atoms with Crippen LogP contribution in [-0.4, -0.2) is 6.54 Å². The van der Waals surface area contributed by atoms with Crippen LogP contribution in [0.1, 0.15) is 50.2 Å². The number of rotatable bonds is 4. The van der Waals surface area contributed by atoms with Gasteiger partial charge in [-0.1, -0.05) is 57.4 Å². The molecule has 1 aromatic rings. The number of hydrogen-bond donors (Lipinski definition) is 1. The standard InChI is InChI=1S/C15H23N/c1-3-7-12(4-2)15-11-16-10-13-8-5-6-9-14(13)15/h5-6,8-9,12,15-16H,3-4,7,10-11H2,1-2H3. The van der Waals surface area contributed by atoms with E-state index in [9.17, 15) is 0 Å². The predicted octanol–water partition coefficient (Wildman–Crippen LogP) is 3.70. The van der Waals surface area contributed by atoms with Crippen LogP contribution in [0.3, 0.4) is 0 Å². The summed E-state index contributed by atoms with van der Waals surface area (Å²) in [6.07, 6.45) is 3.96. The van der Waals surface area contributed by atoms with E-state index in [0.29, 0.717) is 0 Å². The largest absolute Gasteiger partial charge is 0.312 e. The van der Waals surface area contributed by atoms with Crippen LogP contribution in [0, 0.1) is 5.92 Å². The summed E-state index contributed by atoms with van der Waals surface area (Å²) in [5.74, 6) is 1.58. The first-order valence-corrected chi connectivity index (χ1v) is 6.65. The molecule has 88 valence electrons. The molecular formula is C15H23N. The van der Waals surface area contributed by atoms with E-state index in [0.717, 1.165) is 24.9 Å². The Kier molecular flexibility index (Phi) is 4.00. The van der Waals surface area contributed by atoms with Crippen molar-refractivity contribution in [3.05, 3.63) is 35.4 Å². The lowest BCUT2D eigenvalue weighted by molar-refractivity contribution is 0.350. The second-order valence-electron chi connectivity index (χ2n) is 4.89. The summed E-state index contributed by atoms with van der Waals surface area (Å²) in [6, 6.07) is 8.95. The van der Waals surface area contributed by atoms with Crippen molar-refractivity contribution in [3.63, 3.8) is 0 Å². The molecular weight excluding hydrogens is 194 g/mol. The highest BCUT2D eigenvalue weighted by Gasteiger charge is 2.25. The third-order valence-electron chi connectivity index (χ3n) is 3.89. The first-order chi connectivity index (χ1) is 7.86. The lowest BCUT2D eigenvalue weighted by Gasteiger charge is -2.32. The fourth-order valence-electron chi connectivity index (χ4n) is 3.01. The Morgan fingerprint density at radius 1 is 1.31 bits per heavy atom. The Morgan fingerprint density at radius 3 is 2.88 bits per heavy atom. The van der Waals surface area contributed by atoms with Crippen LogP contribution in [0.2, 0.25) is 0 Å². The Morgan fingerprint density at radius 2 is 2.12 bits per heavy atom. The molecule has 0 amide bonds. The van der Waals surface area contributed by atoms with Crippen molar-refractivity contribution in [3.8, 4) is 0 Å². The van der Waals surface area contributed by atoms with E-state index in [1.54, 1.807) is 5.56 Å². The molecule has 1 nitrogen and oxygen atoms in total. The van der Waals surface area contributed by atoms with Gasteiger partial charge >= 0.3 is 0 Å². The average molecular weight is 217 g/mol. The zero-order valence-electron chi connectivity index (χ0n) is 10.5. The topological polar surface area (TPSA) is 12.0 Å². The van der Waals surface area contributed by atoms with E-state index < -0.39 is 0 Å². The second kappa shape index (κ2) is 5.49. The van der Waals surface area contributed by atoms with Crippen molar-refractivity contribution in [2.45, 2.75) is 45.6 Å². The highest BCUT2D eigenvalue weighted by Crippen LogP contribution is 2.34. The Balaban J connectivity index is 2.23. The van der Waals surface area contributed by atoms with Gasteiger partial charge in [0.05, 0.1) is 0 Å². The predicted molar refractivity (Wildman–Crippen MR) is 69.6 cm³/mol. The van der Waals surface area contributed by atoms with E-state index in [2.05, 4.69) is 43.4 Å². The summed E-state index contributed by atoms with van der Waals surface area (Å²) in [6.45, 7) is 6.84. The maximum atomic E-state index is 3.56. The Bertz CT molecular complexity index is 332. The van der Waals surface area contributed by atoms with Crippen molar-refractivity contribution in [2.75, 3.05) is 6.54 Å². The molecule has 0 radical (unpaired) electrons. The normalized spacial score (nSPS) is 21.5. The van der Waals surface area contributed by atoms with Gasteiger partial charge in [-0.25, -0.2) is 0 Å². The fourth-order valence-corrected chi connectivity index (χ4v) is 3.01. The van der Waals surface area contributed by atoms with E-state index >= 15 is 0 Å². The van der Waals surface area contributed by atoms with Crippen molar-refractivity contribution >= 4 is 0 Å². The molecule has 2 rings (SSSR count). The van der Waals surface area contributed by atoms with Gasteiger partial charge in [0.15, 0.2) is 0 Å². The highest BCUT2D eigenvalue weighted by molar-refractivity contribution is 5.33. The van der Waals surface area contributed by atoms with Crippen LogP contribution in [0.25, 0.3) is 0 Å². The molecule has 0 spiro atoms. The molecule has 0 fully saturated rings. The van der Waals surface area contributed by atoms with Crippen molar-refractivity contribution in [2.24, 2.45) is 5.92 Å². The van der Waals surface area contributed by atoms with Gasteiger partial charge in [-0.05, 0) is 23.0 Å². The molecule has 1 aliphatic heterocycles. The van der Waals surface area contributed by atoms with Gasteiger partial charge in [-0.3, -0.25) is 0 Å². The third kappa shape index (κ3) is 2.30. The number of nitrogens with one attached hydrogen (secondary N) is 1. The molecule has 1 heterocycles. The van der Waals surface area contributed by atoms with Crippen LogP contribution < -0.4 is 5.32 Å². The van der Waals surface area contributed by atoms with Gasteiger partial charge in [0, 0.05) is 13.1 Å². The summed E-state index contributed by atoms with van der Waals surface area (Å²) in [5, 5.41) is 3.56. The monoisotopic (exact) mass is 217 g/mol. The fraction of sp³-hybridized carbons (Fsp3) is 0.600. The summed E-state index contributed by atoms with van der Waals surface area (Å²) in [5.41, 5.74) is 3.11. The number of benzene rings is 1. The van der Waals surface area contributed by atoms with Gasteiger partial charge in [-0.2, -0.15) is 0 Å². The number of fused-ring (bicyclic) bond motifs is 1. The van der Waals surface area contributed by atoms with Gasteiger partial charge in [0.1, 0.15) is 0 Å². The Hall–Kier alpha value is -0.820. The van der Waals surface area contributed by atoms with E-state index in [-0.39, 0.29) is 0 Å². The summed E-state index contributed by atoms with van der Waals surface area (Å²) < 4.78 is 0. The maximum Gasteiger partial charge on any atom is 0.0208 e. The highest BCUT2D eigenvalue weighted by atomic mass is 14.9. The maximum absolute atomic E-state index is 3.56. The van der Waals surface area contributed by atoms with Crippen molar-refractivity contribution in [1.82, 2.24) is 5.32 Å². The lowest BCUT2D eigenvalue weighted by atomic mass is 9.78. The molecule has 16 heavy (non-hydrogen) atoms. The minimum absolute atomic E-state index is 0.731. The van der Waals surface area contributed by atoms with Gasteiger partial charge in [0.2, 0.25) is 0 Å². The van der Waals surface area contributed by atoms with E-state index in [1.807, 2.05) is 0 Å². The summed E-state index contributed by atoms with van der Waals surface area (Å²) >= 11 is 0. The molecule has 0 saturated carbocycles. The zero-order valence-corrected chi connectivity index (χ0v) is 10.5. The van der Waals surface area contributed by atoms with Crippen LogP contribution in [0.15, 0.2) is 24.3 Å². The second-order valence-corrected chi connectivity index (χ2v) is 4.89. The molecule has 1 N–H and O–H groups in total. The van der Waals surface area contributed by atoms with E-state index in [4.69, 9.17) is 0 Å². The van der Waals surface area contributed by atoms with Crippen molar-refractivity contribution in [1.29, 1.82) is 0 Å². The van der Waals surface area contributed by atoms with Crippen LogP contribution in [-0.2, 0) is 6.54 Å². The summed E-state index contributed by atoms with van der Waals surface area (Å²) in [4.78, 5) is 0. The van der Waals surface area contributed by atoms with Gasteiger partial charge < -0.3 is 5.32 Å². The summed E-state index contributed by atoms with van der Waals surface area (Å²) in [7, 11) is 0. The quantitative estimate of drug-likeness (QED) is 0.811. The third-order valence-corrected chi connectivity index (χ3v) is 3.89. The SMILES string of the molecule is CCCC(CC)C1CNCc2ccccc21. The zero-order chi connectivity index (χ0) is 11.4. The molecule has 1 aromatic carbocycles. The first kappa shape index (κ1) is 11.7. The minimum atomic E-state index is 0.731. The minimum Gasteiger partial charge on any atom is -0.312 e. The molecule has 1 aliphatic rings. The first-order valence-electron chi connectivity index (χ1n) is 6.65. The molecule has 2 unspecified atom stereocenters. The van der Waals surface area contributed by atoms with Gasteiger partial charge in [-0.15, -0.1) is 0 Å². The molecule has 0 aromatic heterocycles. The average Bonchev–Trinajstić information content (AvgIpc) is 2.35. The lowest BCUT2D eigenvalue weighted by Crippen LogP contribution is -2.32. The Labute approximate surface area is 99.3 Å². The van der Waals surface area contributed by atoms with Crippen molar-refractivity contribution < 1.29 is 0 Å². The van der Waals surface area contributed by atoms with Gasteiger partial charge in [0.25, 0.3) is 0 Å². The number of hydrogen-bond acceptors (Lipinski definition) is 1. The van der Waals surface area contributed by atoms with Crippen LogP contribution in [0.4, 0.5) is 0 Å². The van der Waals surface area contributed by atoms with E-state index in [1.165, 1.54) is 24.8 Å². The molecule has 0 saturated heterocycles. The smallest absolute Gasteiger partial charge is 0.0208 e. The molecule has 0 bridgehead atoms. The molecule has 1 heteroatoms. The molecule has 2 atom stereocenters. The van der Waals surface area contributed by atoms with Crippen LogP contribution in [0.5, 0.6) is 0 Å². The van der Waals surface area contributed by atoms with Crippen LogP contribution >= 0.6 is 0 Å².